The minimum absolute atomic E-state index is 0.260. The van der Waals surface area contributed by atoms with Gasteiger partial charge in [-0.3, -0.25) is 10.1 Å². The molecule has 0 aromatic rings. The van der Waals surface area contributed by atoms with Crippen LogP contribution in [0.15, 0.2) is 23.4 Å². The first kappa shape index (κ1) is 9.44. The van der Waals surface area contributed by atoms with Gasteiger partial charge in [0.1, 0.15) is 0 Å². The molecule has 2 rings (SSSR count). The molecule has 0 radical (unpaired) electrons. The Balaban J connectivity index is 2.18. The van der Waals surface area contributed by atoms with Crippen LogP contribution in [0.3, 0.4) is 0 Å². The molecule has 1 saturated carbocycles. The van der Waals surface area contributed by atoms with Crippen molar-refractivity contribution in [3.63, 3.8) is 0 Å². The highest BCUT2D eigenvalue weighted by Crippen LogP contribution is 2.43. The zero-order valence-electron chi connectivity index (χ0n) is 8.40. The van der Waals surface area contributed by atoms with E-state index in [1.54, 1.807) is 6.08 Å². The van der Waals surface area contributed by atoms with E-state index in [-0.39, 0.29) is 4.92 Å². The van der Waals surface area contributed by atoms with Gasteiger partial charge in [0.15, 0.2) is 0 Å². The van der Waals surface area contributed by atoms with Gasteiger partial charge in [0.2, 0.25) is 0 Å². The summed E-state index contributed by atoms with van der Waals surface area (Å²) in [5.74, 6) is 1.16. The maximum atomic E-state index is 10.7. The van der Waals surface area contributed by atoms with Gasteiger partial charge in [-0.15, -0.1) is 0 Å². The highest BCUT2D eigenvalue weighted by atomic mass is 16.6. The van der Waals surface area contributed by atoms with Crippen LogP contribution in [0.5, 0.6) is 0 Å². The summed E-state index contributed by atoms with van der Waals surface area (Å²) < 4.78 is 0. The van der Waals surface area contributed by atoms with Crippen molar-refractivity contribution < 1.29 is 4.92 Å². The van der Waals surface area contributed by atoms with Gasteiger partial charge >= 0.3 is 0 Å². The number of hydrogen-bond acceptors (Lipinski definition) is 2. The first-order chi connectivity index (χ1) is 6.70. The lowest BCUT2D eigenvalue weighted by atomic mass is 9.88. The van der Waals surface area contributed by atoms with E-state index in [9.17, 15) is 10.1 Å². The minimum atomic E-state index is -0.260. The van der Waals surface area contributed by atoms with Gasteiger partial charge in [0, 0.05) is 6.08 Å². The standard InChI is InChI=1S/C11H15NO2/c1-2-8-5-10(9-3-4-9)7-11(6-8)12(13)14/h6-7,9-10H,2-5H2,1H3. The highest BCUT2D eigenvalue weighted by molar-refractivity contribution is 5.25. The van der Waals surface area contributed by atoms with E-state index in [1.807, 2.05) is 6.08 Å². The van der Waals surface area contributed by atoms with E-state index < -0.39 is 0 Å². The molecule has 2 aliphatic carbocycles. The van der Waals surface area contributed by atoms with Crippen molar-refractivity contribution in [1.82, 2.24) is 0 Å². The molecule has 0 bridgehead atoms. The number of nitro groups is 1. The Morgan fingerprint density at radius 2 is 2.29 bits per heavy atom. The van der Waals surface area contributed by atoms with Crippen LogP contribution in [0, 0.1) is 22.0 Å². The van der Waals surface area contributed by atoms with Crippen molar-refractivity contribution >= 4 is 0 Å². The lowest BCUT2D eigenvalue weighted by molar-refractivity contribution is -0.419. The second-order valence-electron chi connectivity index (χ2n) is 4.21. The summed E-state index contributed by atoms with van der Waals surface area (Å²) in [5, 5.41) is 10.7. The molecule has 3 nitrogen and oxygen atoms in total. The molecule has 0 aromatic heterocycles. The van der Waals surface area contributed by atoms with Crippen LogP contribution in [0.4, 0.5) is 0 Å². The summed E-state index contributed by atoms with van der Waals surface area (Å²) in [6.07, 6.45) is 8.09. The molecule has 3 heteroatoms. The first-order valence-corrected chi connectivity index (χ1v) is 5.26. The Kier molecular flexibility index (Phi) is 2.40. The molecule has 1 unspecified atom stereocenters. The molecule has 76 valence electrons. The number of nitrogens with zero attached hydrogens (tertiary/aromatic N) is 1. The average Bonchev–Trinajstić information content (AvgIpc) is 3.00. The third-order valence-corrected chi connectivity index (χ3v) is 3.13. The van der Waals surface area contributed by atoms with E-state index in [4.69, 9.17) is 0 Å². The summed E-state index contributed by atoms with van der Waals surface area (Å²) in [7, 11) is 0. The molecule has 1 atom stereocenters. The fraction of sp³-hybridized carbons (Fsp3) is 0.636. The number of rotatable bonds is 3. The maximum absolute atomic E-state index is 10.7. The third kappa shape index (κ3) is 1.86. The number of hydrogen-bond donors (Lipinski definition) is 0. The molecule has 0 saturated heterocycles. The van der Waals surface area contributed by atoms with Crippen LogP contribution in [-0.4, -0.2) is 4.92 Å². The Labute approximate surface area is 83.7 Å². The van der Waals surface area contributed by atoms with E-state index in [0.29, 0.717) is 11.6 Å². The smallest absolute Gasteiger partial charge is 0.258 e. The molecule has 0 aromatic carbocycles. The molecule has 0 heterocycles. The van der Waals surface area contributed by atoms with Gasteiger partial charge < -0.3 is 0 Å². The molecular weight excluding hydrogens is 178 g/mol. The molecule has 0 N–H and O–H groups in total. The summed E-state index contributed by atoms with van der Waals surface area (Å²) in [6, 6.07) is 0. The molecule has 0 amide bonds. The van der Waals surface area contributed by atoms with Crippen LogP contribution in [-0.2, 0) is 0 Å². The Morgan fingerprint density at radius 3 is 2.79 bits per heavy atom. The van der Waals surface area contributed by atoms with E-state index in [2.05, 4.69) is 6.92 Å². The van der Waals surface area contributed by atoms with Crippen molar-refractivity contribution in [3.8, 4) is 0 Å². The molecule has 0 aliphatic heterocycles. The van der Waals surface area contributed by atoms with Crippen molar-refractivity contribution in [3.05, 3.63) is 33.5 Å². The minimum Gasteiger partial charge on any atom is -0.258 e. The lowest BCUT2D eigenvalue weighted by Gasteiger charge is -2.17. The predicted molar refractivity (Wildman–Crippen MR) is 54.3 cm³/mol. The third-order valence-electron chi connectivity index (χ3n) is 3.13. The van der Waals surface area contributed by atoms with Crippen LogP contribution in [0.1, 0.15) is 32.6 Å². The van der Waals surface area contributed by atoms with Gasteiger partial charge in [-0.2, -0.15) is 0 Å². The molecular formula is C11H15NO2. The fourth-order valence-corrected chi connectivity index (χ4v) is 2.08. The molecule has 0 spiro atoms. The van der Waals surface area contributed by atoms with Crippen molar-refractivity contribution in [2.75, 3.05) is 0 Å². The molecule has 14 heavy (non-hydrogen) atoms. The van der Waals surface area contributed by atoms with Crippen LogP contribution in [0.25, 0.3) is 0 Å². The number of allylic oxidation sites excluding steroid dienone is 3. The largest absolute Gasteiger partial charge is 0.265 e. The summed E-state index contributed by atoms with van der Waals surface area (Å²) in [5.41, 5.74) is 1.54. The molecule has 1 fully saturated rings. The Bertz CT molecular complexity index is 313. The Hall–Kier alpha value is -1.12. The summed E-state index contributed by atoms with van der Waals surface area (Å²) in [4.78, 5) is 10.4. The van der Waals surface area contributed by atoms with Gasteiger partial charge in [0.25, 0.3) is 5.70 Å². The topological polar surface area (TPSA) is 43.1 Å². The van der Waals surface area contributed by atoms with E-state index in [1.165, 1.54) is 18.4 Å². The predicted octanol–water partition coefficient (Wildman–Crippen LogP) is 2.91. The zero-order valence-corrected chi connectivity index (χ0v) is 8.40. The van der Waals surface area contributed by atoms with Gasteiger partial charge in [0.05, 0.1) is 4.92 Å². The van der Waals surface area contributed by atoms with Crippen molar-refractivity contribution in [2.24, 2.45) is 11.8 Å². The summed E-state index contributed by atoms with van der Waals surface area (Å²) in [6.45, 7) is 2.07. The normalized spacial score (nSPS) is 26.8. The second-order valence-corrected chi connectivity index (χ2v) is 4.21. The van der Waals surface area contributed by atoms with E-state index in [0.717, 1.165) is 18.8 Å². The molecule has 2 aliphatic rings. The van der Waals surface area contributed by atoms with Gasteiger partial charge in [-0.05, 0) is 43.6 Å². The Morgan fingerprint density at radius 1 is 1.57 bits per heavy atom. The zero-order chi connectivity index (χ0) is 10.1. The highest BCUT2D eigenvalue weighted by Gasteiger charge is 2.33. The fourth-order valence-electron chi connectivity index (χ4n) is 2.08. The van der Waals surface area contributed by atoms with Crippen LogP contribution < -0.4 is 0 Å². The lowest BCUT2D eigenvalue weighted by Crippen LogP contribution is -2.10. The maximum Gasteiger partial charge on any atom is 0.265 e. The quantitative estimate of drug-likeness (QED) is 0.511. The first-order valence-electron chi connectivity index (χ1n) is 5.26. The second kappa shape index (κ2) is 3.56. The monoisotopic (exact) mass is 193 g/mol. The SMILES string of the molecule is CCC1=CC([N+](=O)[O-])=CC(C2CC2)C1. The summed E-state index contributed by atoms with van der Waals surface area (Å²) >= 11 is 0. The van der Waals surface area contributed by atoms with Crippen molar-refractivity contribution in [1.29, 1.82) is 0 Å². The van der Waals surface area contributed by atoms with Crippen molar-refractivity contribution in [2.45, 2.75) is 32.6 Å². The van der Waals surface area contributed by atoms with Gasteiger partial charge in [-0.25, -0.2) is 0 Å². The van der Waals surface area contributed by atoms with Gasteiger partial charge in [-0.1, -0.05) is 12.5 Å². The van der Waals surface area contributed by atoms with Crippen LogP contribution >= 0.6 is 0 Å². The van der Waals surface area contributed by atoms with E-state index >= 15 is 0 Å². The van der Waals surface area contributed by atoms with Crippen LogP contribution in [0.2, 0.25) is 0 Å². The average molecular weight is 193 g/mol.